The summed E-state index contributed by atoms with van der Waals surface area (Å²) in [6, 6.07) is 20.1. The Balaban J connectivity index is 1.73. The summed E-state index contributed by atoms with van der Waals surface area (Å²) < 4.78 is 0. The van der Waals surface area contributed by atoms with Crippen LogP contribution >= 0.6 is 11.6 Å². The van der Waals surface area contributed by atoms with Gasteiger partial charge in [0.05, 0.1) is 16.8 Å². The van der Waals surface area contributed by atoms with Gasteiger partial charge in [0.2, 0.25) is 0 Å². The maximum Gasteiger partial charge on any atom is 0.261 e. The SMILES string of the molecule is CN(C(=O)c1cc2c(Cc3ccccc3Cl)n[nH]c2cc1O)c1ccccc1. The molecule has 0 aliphatic carbocycles. The third-order valence-electron chi connectivity index (χ3n) is 4.75. The Kier molecular flexibility index (Phi) is 4.75. The van der Waals surface area contributed by atoms with E-state index in [-0.39, 0.29) is 17.2 Å². The van der Waals surface area contributed by atoms with Gasteiger partial charge in [0, 0.05) is 35.6 Å². The molecular formula is C22H18ClN3O2. The molecule has 6 heteroatoms. The Labute approximate surface area is 167 Å². The fourth-order valence-electron chi connectivity index (χ4n) is 3.19. The van der Waals surface area contributed by atoms with E-state index in [1.54, 1.807) is 13.1 Å². The van der Waals surface area contributed by atoms with E-state index in [4.69, 9.17) is 11.6 Å². The van der Waals surface area contributed by atoms with E-state index in [1.165, 1.54) is 11.0 Å². The molecule has 0 aliphatic rings. The van der Waals surface area contributed by atoms with Crippen molar-refractivity contribution in [3.05, 3.63) is 88.6 Å². The third-order valence-corrected chi connectivity index (χ3v) is 5.12. The van der Waals surface area contributed by atoms with Crippen molar-refractivity contribution in [3.63, 3.8) is 0 Å². The van der Waals surface area contributed by atoms with Crippen LogP contribution in [0.3, 0.4) is 0 Å². The molecule has 0 bridgehead atoms. The second-order valence-corrected chi connectivity index (χ2v) is 6.96. The van der Waals surface area contributed by atoms with Gasteiger partial charge in [0.25, 0.3) is 5.91 Å². The highest BCUT2D eigenvalue weighted by Gasteiger charge is 2.20. The maximum absolute atomic E-state index is 13.0. The monoisotopic (exact) mass is 391 g/mol. The summed E-state index contributed by atoms with van der Waals surface area (Å²) >= 11 is 6.27. The van der Waals surface area contributed by atoms with Crippen molar-refractivity contribution in [2.45, 2.75) is 6.42 Å². The first-order valence-corrected chi connectivity index (χ1v) is 9.19. The van der Waals surface area contributed by atoms with Crippen LogP contribution in [0.2, 0.25) is 5.02 Å². The molecule has 28 heavy (non-hydrogen) atoms. The van der Waals surface area contributed by atoms with Crippen molar-refractivity contribution in [3.8, 4) is 5.75 Å². The summed E-state index contributed by atoms with van der Waals surface area (Å²) in [4.78, 5) is 14.5. The number of para-hydroxylation sites is 1. The third kappa shape index (κ3) is 3.32. The molecule has 1 aromatic heterocycles. The fraction of sp³-hybridized carbons (Fsp3) is 0.0909. The number of hydrogen-bond acceptors (Lipinski definition) is 3. The maximum atomic E-state index is 13.0. The quantitative estimate of drug-likeness (QED) is 0.525. The Bertz CT molecular complexity index is 1160. The van der Waals surface area contributed by atoms with Crippen molar-refractivity contribution in [1.29, 1.82) is 0 Å². The molecule has 3 aromatic carbocycles. The number of anilines is 1. The van der Waals surface area contributed by atoms with Crippen LogP contribution in [0.4, 0.5) is 5.69 Å². The standard InChI is InChI=1S/C22H18ClN3O2/c1-26(15-8-3-2-4-9-15)22(28)17-12-16-19(24-25-20(16)13-21(17)27)11-14-7-5-6-10-18(14)23/h2-10,12-13,27H,11H2,1H3,(H,24,25). The number of fused-ring (bicyclic) bond motifs is 1. The molecule has 0 fully saturated rings. The van der Waals surface area contributed by atoms with E-state index >= 15 is 0 Å². The average molecular weight is 392 g/mol. The second kappa shape index (κ2) is 7.37. The number of aromatic hydroxyl groups is 1. The number of aromatic nitrogens is 2. The Morgan fingerprint density at radius 2 is 1.82 bits per heavy atom. The van der Waals surface area contributed by atoms with Crippen LogP contribution in [0.25, 0.3) is 10.9 Å². The molecule has 0 saturated carbocycles. The zero-order valence-corrected chi connectivity index (χ0v) is 15.9. The Hall–Kier alpha value is -3.31. The molecule has 5 nitrogen and oxygen atoms in total. The number of hydrogen-bond donors (Lipinski definition) is 2. The summed E-state index contributed by atoms with van der Waals surface area (Å²) in [6.45, 7) is 0. The number of rotatable bonds is 4. The summed E-state index contributed by atoms with van der Waals surface area (Å²) in [5.41, 5.74) is 3.34. The van der Waals surface area contributed by atoms with Crippen molar-refractivity contribution < 1.29 is 9.90 Å². The number of aromatic amines is 1. The van der Waals surface area contributed by atoms with E-state index < -0.39 is 0 Å². The molecule has 4 aromatic rings. The van der Waals surface area contributed by atoms with Crippen LogP contribution in [0.15, 0.2) is 66.7 Å². The van der Waals surface area contributed by atoms with Crippen LogP contribution in [0.1, 0.15) is 21.6 Å². The minimum atomic E-state index is -0.296. The van der Waals surface area contributed by atoms with Gasteiger partial charge in [-0.25, -0.2) is 0 Å². The highest BCUT2D eigenvalue weighted by atomic mass is 35.5. The molecule has 0 radical (unpaired) electrons. The molecule has 1 amide bonds. The van der Waals surface area contributed by atoms with Gasteiger partial charge in [-0.15, -0.1) is 0 Å². The van der Waals surface area contributed by atoms with Gasteiger partial charge >= 0.3 is 0 Å². The van der Waals surface area contributed by atoms with Gasteiger partial charge in [-0.1, -0.05) is 48.0 Å². The molecule has 2 N–H and O–H groups in total. The van der Waals surface area contributed by atoms with Crippen LogP contribution in [-0.2, 0) is 6.42 Å². The van der Waals surface area contributed by atoms with Crippen LogP contribution in [0.5, 0.6) is 5.75 Å². The molecule has 0 unspecified atom stereocenters. The van der Waals surface area contributed by atoms with E-state index in [0.29, 0.717) is 17.0 Å². The van der Waals surface area contributed by atoms with E-state index in [2.05, 4.69) is 10.2 Å². The molecule has 0 saturated heterocycles. The molecular weight excluding hydrogens is 374 g/mol. The topological polar surface area (TPSA) is 69.2 Å². The molecule has 0 aliphatic heterocycles. The number of phenols is 1. The molecule has 0 atom stereocenters. The van der Waals surface area contributed by atoms with Crippen molar-refractivity contribution in [2.75, 3.05) is 11.9 Å². The summed E-state index contributed by atoms with van der Waals surface area (Å²) in [7, 11) is 1.68. The zero-order valence-electron chi connectivity index (χ0n) is 15.2. The van der Waals surface area contributed by atoms with Crippen molar-refractivity contribution in [1.82, 2.24) is 10.2 Å². The minimum Gasteiger partial charge on any atom is -0.507 e. The highest BCUT2D eigenvalue weighted by molar-refractivity contribution is 6.31. The first kappa shape index (κ1) is 18.1. The number of phenolic OH excluding ortho intramolecular Hbond substituents is 1. The first-order chi connectivity index (χ1) is 13.5. The summed E-state index contributed by atoms with van der Waals surface area (Å²) in [6.07, 6.45) is 0.520. The van der Waals surface area contributed by atoms with Gasteiger partial charge in [0.15, 0.2) is 0 Å². The van der Waals surface area contributed by atoms with Crippen LogP contribution < -0.4 is 4.90 Å². The second-order valence-electron chi connectivity index (χ2n) is 6.55. The van der Waals surface area contributed by atoms with E-state index in [0.717, 1.165) is 22.3 Å². The van der Waals surface area contributed by atoms with Gasteiger partial charge in [-0.3, -0.25) is 9.89 Å². The van der Waals surface area contributed by atoms with Crippen LogP contribution in [-0.4, -0.2) is 28.3 Å². The molecule has 1 heterocycles. The minimum absolute atomic E-state index is 0.0896. The average Bonchev–Trinajstić information content (AvgIpc) is 3.10. The smallest absolute Gasteiger partial charge is 0.261 e. The van der Waals surface area contributed by atoms with Gasteiger partial charge in [-0.05, 0) is 29.8 Å². The van der Waals surface area contributed by atoms with Gasteiger partial charge < -0.3 is 10.0 Å². The van der Waals surface area contributed by atoms with Gasteiger partial charge in [0.1, 0.15) is 5.75 Å². The number of carbonyl (C=O) groups excluding carboxylic acids is 1. The fourth-order valence-corrected chi connectivity index (χ4v) is 3.39. The number of amides is 1. The number of H-pyrrole nitrogens is 1. The zero-order chi connectivity index (χ0) is 19.7. The van der Waals surface area contributed by atoms with Gasteiger partial charge in [-0.2, -0.15) is 5.10 Å². The molecule has 140 valence electrons. The van der Waals surface area contributed by atoms with Crippen LogP contribution in [0, 0.1) is 0 Å². The Morgan fingerprint density at radius 3 is 2.57 bits per heavy atom. The lowest BCUT2D eigenvalue weighted by Gasteiger charge is -2.18. The van der Waals surface area contributed by atoms with E-state index in [1.807, 2.05) is 54.6 Å². The molecule has 4 rings (SSSR count). The largest absolute Gasteiger partial charge is 0.507 e. The summed E-state index contributed by atoms with van der Waals surface area (Å²) in [5, 5.41) is 19.1. The lowest BCUT2D eigenvalue weighted by molar-refractivity contribution is 0.0990. The highest BCUT2D eigenvalue weighted by Crippen LogP contribution is 2.29. The first-order valence-electron chi connectivity index (χ1n) is 8.81. The Morgan fingerprint density at radius 1 is 1.11 bits per heavy atom. The van der Waals surface area contributed by atoms with E-state index in [9.17, 15) is 9.90 Å². The number of carbonyl (C=O) groups is 1. The molecule has 0 spiro atoms. The lowest BCUT2D eigenvalue weighted by atomic mass is 10.0. The normalized spacial score (nSPS) is 10.9. The number of halogens is 1. The number of nitrogens with one attached hydrogen (secondary N) is 1. The van der Waals surface area contributed by atoms with Crippen molar-refractivity contribution >= 4 is 34.1 Å². The number of benzene rings is 3. The van der Waals surface area contributed by atoms with Crippen molar-refractivity contribution in [2.24, 2.45) is 0 Å². The lowest BCUT2D eigenvalue weighted by Crippen LogP contribution is -2.26. The number of nitrogens with zero attached hydrogens (tertiary/aromatic N) is 2. The predicted molar refractivity (Wildman–Crippen MR) is 111 cm³/mol. The summed E-state index contributed by atoms with van der Waals surface area (Å²) in [5.74, 6) is -0.385. The predicted octanol–water partition coefficient (Wildman–Crippen LogP) is 4.79.